The third-order valence-electron chi connectivity index (χ3n) is 4.94. The van der Waals surface area contributed by atoms with Gasteiger partial charge in [0.15, 0.2) is 0 Å². The van der Waals surface area contributed by atoms with Gasteiger partial charge < -0.3 is 20.0 Å². The predicted molar refractivity (Wildman–Crippen MR) is 82.8 cm³/mol. The zero-order chi connectivity index (χ0) is 16.2. The van der Waals surface area contributed by atoms with Crippen molar-refractivity contribution < 1.29 is 19.0 Å². The van der Waals surface area contributed by atoms with Crippen molar-refractivity contribution in [2.75, 3.05) is 26.3 Å². The van der Waals surface area contributed by atoms with Gasteiger partial charge in [-0.2, -0.15) is 6.41 Å². The molecular weight excluding hydrogens is 556 g/mol. The molecule has 2 fully saturated rings. The van der Waals surface area contributed by atoms with E-state index in [4.69, 9.17) is 9.84 Å². The first-order chi connectivity index (χ1) is 11.2. The molecular formula is C17H22FFmN2O3-. The van der Waals surface area contributed by atoms with Crippen LogP contribution in [0.1, 0.15) is 30.0 Å². The molecule has 2 aliphatic heterocycles. The molecule has 2 N–H and O–H groups in total. The average molecular weight is 578 g/mol. The van der Waals surface area contributed by atoms with E-state index in [0.717, 1.165) is 44.7 Å². The number of carbonyl (C=O) groups excluding carboxylic acids is 1. The number of nitrogens with zero attached hydrogens (tertiary/aromatic N) is 1. The van der Waals surface area contributed by atoms with Gasteiger partial charge in [-0.15, -0.1) is 0 Å². The van der Waals surface area contributed by atoms with Crippen LogP contribution in [0.2, 0.25) is 0 Å². The maximum Gasteiger partial charge on any atom is 0.129 e. The summed E-state index contributed by atoms with van der Waals surface area (Å²) in [5.74, 6) is -0.193. The van der Waals surface area contributed by atoms with Crippen LogP contribution in [0, 0.1) is 11.7 Å². The number of likely N-dealkylation sites (tertiary alicyclic amines) is 1. The minimum absolute atomic E-state index is 0. The number of aliphatic hydroxyl groups is 1. The van der Waals surface area contributed by atoms with Crippen molar-refractivity contribution in [2.24, 2.45) is 5.92 Å². The number of aliphatic hydroxyl groups excluding tert-OH is 1. The summed E-state index contributed by atoms with van der Waals surface area (Å²) in [5, 5.41) is 11.8. The molecule has 0 saturated carbocycles. The molecule has 2 saturated heterocycles. The molecule has 7 heteroatoms. The molecule has 2 heterocycles. The van der Waals surface area contributed by atoms with Crippen molar-refractivity contribution in [3.05, 3.63) is 35.1 Å². The number of hydrogen-bond acceptors (Lipinski definition) is 4. The zero-order valence-corrected chi connectivity index (χ0v) is 15.7. The van der Waals surface area contributed by atoms with Crippen molar-refractivity contribution in [3.63, 3.8) is 0 Å². The number of halogens is 1. The van der Waals surface area contributed by atoms with Gasteiger partial charge in [-0.1, -0.05) is 12.1 Å². The minimum Gasteiger partial charge on any atom is -0.524 e. The molecule has 1 amide bonds. The molecule has 0 aliphatic carbocycles. The number of benzene rings is 1. The Balaban J connectivity index is 0.00000208. The van der Waals surface area contributed by atoms with Crippen molar-refractivity contribution in [1.82, 2.24) is 10.2 Å². The molecule has 1 aromatic carbocycles. The van der Waals surface area contributed by atoms with E-state index < -0.39 is 5.82 Å². The van der Waals surface area contributed by atoms with Crippen LogP contribution in [-0.4, -0.2) is 48.8 Å². The van der Waals surface area contributed by atoms with Gasteiger partial charge in [-0.05, 0) is 24.5 Å². The van der Waals surface area contributed by atoms with E-state index in [0.29, 0.717) is 6.04 Å². The number of hydrogen-bond donors (Lipinski definition) is 2. The fraction of sp³-hybridized carbons (Fsp3) is 0.588. The van der Waals surface area contributed by atoms with E-state index in [-0.39, 0.29) is 24.1 Å². The number of ether oxygens (including phenoxy) is 1. The van der Waals surface area contributed by atoms with Crippen LogP contribution in [0.5, 0.6) is 0 Å². The zero-order valence-electron chi connectivity index (χ0n) is 13.3. The van der Waals surface area contributed by atoms with E-state index in [1.807, 2.05) is 0 Å². The van der Waals surface area contributed by atoms with Crippen LogP contribution in [-0.2, 0) is 16.1 Å². The number of nitrogens with one attached hydrogen (secondary N) is 1. The van der Waals surface area contributed by atoms with E-state index in [2.05, 4.69) is 10.2 Å². The molecule has 2 aliphatic rings. The fourth-order valence-corrected chi connectivity index (χ4v) is 3.53. The third-order valence-corrected chi connectivity index (χ3v) is 4.94. The summed E-state index contributed by atoms with van der Waals surface area (Å²) in [6.07, 6.45) is 3.84. The Morgan fingerprint density at radius 3 is 2.67 bits per heavy atom. The molecule has 0 spiro atoms. The topological polar surface area (TPSA) is 61.8 Å². The van der Waals surface area contributed by atoms with E-state index in [1.54, 1.807) is 18.5 Å². The van der Waals surface area contributed by atoms with Gasteiger partial charge in [0, 0.05) is 49.9 Å². The van der Waals surface area contributed by atoms with Crippen LogP contribution in [0.4, 0.5) is 4.39 Å². The van der Waals surface area contributed by atoms with Crippen molar-refractivity contribution in [1.29, 1.82) is 0 Å². The molecule has 0 aromatic heterocycles. The van der Waals surface area contributed by atoms with Crippen LogP contribution in [0.3, 0.4) is 0 Å². The SMILES string of the molecule is O=[C-]NC(c1ccc(CO)c(F)c1)C1CN(C2CCOCC2)C1.[Fm]. The van der Waals surface area contributed by atoms with Crippen LogP contribution >= 0.6 is 0 Å². The van der Waals surface area contributed by atoms with Gasteiger partial charge in [-0.3, -0.25) is 4.90 Å². The Morgan fingerprint density at radius 1 is 1.38 bits per heavy atom. The van der Waals surface area contributed by atoms with Crippen LogP contribution < -0.4 is 5.32 Å². The first-order valence-corrected chi connectivity index (χ1v) is 8.06. The molecule has 0 radical (unpaired) electrons. The molecule has 24 heavy (non-hydrogen) atoms. The Kier molecular flexibility index (Phi) is 5.84. The molecule has 1 unspecified atom stereocenters. The molecule has 5 nitrogen and oxygen atoms in total. The second-order valence-electron chi connectivity index (χ2n) is 6.29. The fourth-order valence-electron chi connectivity index (χ4n) is 3.53. The quantitative estimate of drug-likeness (QED) is 0.393. The smallest absolute Gasteiger partial charge is 0.129 e. The van der Waals surface area contributed by atoms with Gasteiger partial charge in [0.05, 0.1) is 6.61 Å². The summed E-state index contributed by atoms with van der Waals surface area (Å²) in [6, 6.07) is 5.04. The third kappa shape index (κ3) is 3.53. The Hall–Kier alpha value is -2.50. The van der Waals surface area contributed by atoms with E-state index >= 15 is 0 Å². The molecule has 1 aromatic rings. The maximum atomic E-state index is 13.9. The van der Waals surface area contributed by atoms with E-state index in [1.165, 1.54) is 6.07 Å². The first-order valence-electron chi connectivity index (χ1n) is 8.06. The average Bonchev–Trinajstić information content (AvgIpc) is 2.53. The van der Waals surface area contributed by atoms with Gasteiger partial charge in [0.1, 0.15) is 5.82 Å². The minimum atomic E-state index is -0.441. The Labute approximate surface area is 135 Å². The number of rotatable bonds is 6. The Bertz CT molecular complexity index is 549. The second-order valence-corrected chi connectivity index (χ2v) is 6.29. The van der Waals surface area contributed by atoms with Gasteiger partial charge in [-0.25, -0.2) is 4.39 Å². The standard InChI is InChI=1S/C17H22FN2O3.Fm/c18-16-7-12(1-2-13(16)10-21)17(19-11-22)14-8-20(9-14)15-3-5-23-6-4-15;/h1-2,7,14-15,17,21H,3-6,8-10H2,(H,19,22);/q-1;. The van der Waals surface area contributed by atoms with Crippen molar-refractivity contribution >= 4 is 6.41 Å². The maximum absolute atomic E-state index is 13.9. The summed E-state index contributed by atoms with van der Waals surface area (Å²) in [4.78, 5) is 13.2. The summed E-state index contributed by atoms with van der Waals surface area (Å²) >= 11 is 0. The Morgan fingerprint density at radius 2 is 2.08 bits per heavy atom. The normalized spacial score (nSPS) is 20.8. The summed E-state index contributed by atoms with van der Waals surface area (Å²) in [5.41, 5.74) is 0.986. The van der Waals surface area contributed by atoms with Crippen molar-refractivity contribution in [2.45, 2.75) is 31.5 Å². The number of amides is 1. The molecule has 1 atom stereocenters. The summed E-state index contributed by atoms with van der Waals surface area (Å²) < 4.78 is 19.3. The largest absolute Gasteiger partial charge is 0.524 e. The summed E-state index contributed by atoms with van der Waals surface area (Å²) in [7, 11) is 0. The molecule has 0 bridgehead atoms. The molecule has 3 rings (SSSR count). The first kappa shape index (κ1) is 17.8. The van der Waals surface area contributed by atoms with Crippen molar-refractivity contribution in [3.8, 4) is 0 Å². The van der Waals surface area contributed by atoms with Crippen LogP contribution in [0.15, 0.2) is 18.2 Å². The van der Waals surface area contributed by atoms with Gasteiger partial charge >= 0.3 is 0 Å². The summed E-state index contributed by atoms with van der Waals surface area (Å²) in [6.45, 7) is 3.05. The van der Waals surface area contributed by atoms with E-state index in [9.17, 15) is 9.18 Å². The molecule has 138 valence electrons. The van der Waals surface area contributed by atoms with Gasteiger partial charge in [0.25, 0.3) is 0 Å². The predicted octanol–water partition coefficient (Wildman–Crippen LogP) is 1.13. The van der Waals surface area contributed by atoms with Gasteiger partial charge in [0.2, 0.25) is 0 Å². The monoisotopic (exact) mass is 578 g/mol. The second kappa shape index (κ2) is 7.86. The van der Waals surface area contributed by atoms with Crippen LogP contribution in [0.25, 0.3) is 0 Å².